The number of nitrogens with zero attached hydrogens (tertiary/aromatic N) is 2. The lowest BCUT2D eigenvalue weighted by atomic mass is 9.72. The molecular formula is C17H22N2O2S. The molecule has 1 unspecified atom stereocenters. The van der Waals surface area contributed by atoms with Crippen LogP contribution in [0.5, 0.6) is 0 Å². The van der Waals surface area contributed by atoms with Crippen molar-refractivity contribution in [2.75, 3.05) is 0 Å². The van der Waals surface area contributed by atoms with Crippen molar-refractivity contribution >= 4 is 27.3 Å². The Morgan fingerprint density at radius 2 is 2.18 bits per heavy atom. The molecule has 0 saturated heterocycles. The predicted molar refractivity (Wildman–Crippen MR) is 89.5 cm³/mol. The van der Waals surface area contributed by atoms with E-state index in [1.807, 2.05) is 0 Å². The summed E-state index contributed by atoms with van der Waals surface area (Å²) in [6.45, 7) is 8.46. The molecule has 3 rings (SSSR count). The number of thiophene rings is 1. The van der Waals surface area contributed by atoms with Gasteiger partial charge in [0.1, 0.15) is 10.6 Å². The average molecular weight is 318 g/mol. The Labute approximate surface area is 134 Å². The van der Waals surface area contributed by atoms with Gasteiger partial charge in [-0.3, -0.25) is 14.2 Å². The Balaban J connectivity index is 2.08. The SMILES string of the molecule is CC(=O)Cn1cnc2sc3c(c2c1=O)CCC(C(C)(C)C)C3. The highest BCUT2D eigenvalue weighted by Crippen LogP contribution is 2.41. The van der Waals surface area contributed by atoms with Crippen LogP contribution in [-0.4, -0.2) is 15.3 Å². The first kappa shape index (κ1) is 15.4. The molecule has 22 heavy (non-hydrogen) atoms. The van der Waals surface area contributed by atoms with Crippen LogP contribution in [0.25, 0.3) is 10.2 Å². The number of carbonyl (C=O) groups excluding carboxylic acids is 1. The summed E-state index contributed by atoms with van der Waals surface area (Å²) in [6.07, 6.45) is 4.60. The molecule has 0 fully saturated rings. The molecule has 0 saturated carbocycles. The molecule has 1 aliphatic carbocycles. The second kappa shape index (κ2) is 5.30. The molecule has 2 aromatic heterocycles. The van der Waals surface area contributed by atoms with Gasteiger partial charge in [-0.05, 0) is 43.1 Å². The Morgan fingerprint density at radius 3 is 2.82 bits per heavy atom. The summed E-state index contributed by atoms with van der Waals surface area (Å²) >= 11 is 1.65. The van der Waals surface area contributed by atoms with E-state index in [1.54, 1.807) is 11.3 Å². The van der Waals surface area contributed by atoms with Crippen LogP contribution in [0.3, 0.4) is 0 Å². The summed E-state index contributed by atoms with van der Waals surface area (Å²) in [6, 6.07) is 0. The van der Waals surface area contributed by atoms with Crippen LogP contribution in [0.15, 0.2) is 11.1 Å². The molecular weight excluding hydrogens is 296 g/mol. The summed E-state index contributed by atoms with van der Waals surface area (Å²) in [7, 11) is 0. The summed E-state index contributed by atoms with van der Waals surface area (Å²) in [5.41, 5.74) is 1.40. The predicted octanol–water partition coefficient (Wildman–Crippen LogP) is 3.20. The van der Waals surface area contributed by atoms with E-state index in [9.17, 15) is 9.59 Å². The van der Waals surface area contributed by atoms with Crippen molar-refractivity contribution in [1.29, 1.82) is 0 Å². The van der Waals surface area contributed by atoms with E-state index < -0.39 is 0 Å². The maximum absolute atomic E-state index is 12.7. The van der Waals surface area contributed by atoms with Gasteiger partial charge in [0.15, 0.2) is 0 Å². The third-order valence-electron chi connectivity index (χ3n) is 4.65. The number of fused-ring (bicyclic) bond motifs is 3. The smallest absolute Gasteiger partial charge is 0.262 e. The van der Waals surface area contributed by atoms with Crippen LogP contribution in [-0.2, 0) is 24.2 Å². The fourth-order valence-electron chi connectivity index (χ4n) is 3.29. The highest BCUT2D eigenvalue weighted by atomic mass is 32.1. The molecule has 0 spiro atoms. The molecule has 0 aliphatic heterocycles. The zero-order valence-corrected chi connectivity index (χ0v) is 14.4. The second-order valence-electron chi connectivity index (χ2n) is 7.37. The van der Waals surface area contributed by atoms with Gasteiger partial charge in [0.25, 0.3) is 5.56 Å². The van der Waals surface area contributed by atoms with Gasteiger partial charge in [-0.1, -0.05) is 20.8 Å². The van der Waals surface area contributed by atoms with Gasteiger partial charge in [0, 0.05) is 4.88 Å². The lowest BCUT2D eigenvalue weighted by molar-refractivity contribution is -0.117. The summed E-state index contributed by atoms with van der Waals surface area (Å²) in [5.74, 6) is 0.618. The Morgan fingerprint density at radius 1 is 1.45 bits per heavy atom. The number of aromatic nitrogens is 2. The van der Waals surface area contributed by atoms with E-state index in [-0.39, 0.29) is 23.3 Å². The first-order valence-corrected chi connectivity index (χ1v) is 8.58. The maximum Gasteiger partial charge on any atom is 0.262 e. The monoisotopic (exact) mass is 318 g/mol. The summed E-state index contributed by atoms with van der Waals surface area (Å²) in [4.78, 5) is 30.5. The van der Waals surface area contributed by atoms with E-state index >= 15 is 0 Å². The highest BCUT2D eigenvalue weighted by Gasteiger charge is 2.31. The first-order valence-electron chi connectivity index (χ1n) is 7.76. The standard InChI is InChI=1S/C17H22N2O2S/c1-10(20)8-19-9-18-15-14(16(19)21)12-6-5-11(17(2,3)4)7-13(12)22-15/h9,11H,5-8H2,1-4H3. The van der Waals surface area contributed by atoms with E-state index in [0.717, 1.165) is 29.5 Å². The molecule has 1 atom stereocenters. The minimum Gasteiger partial charge on any atom is -0.298 e. The lowest BCUT2D eigenvalue weighted by Crippen LogP contribution is -2.27. The number of aryl methyl sites for hydroxylation is 1. The number of hydrogen-bond acceptors (Lipinski definition) is 4. The summed E-state index contributed by atoms with van der Waals surface area (Å²) in [5, 5.41) is 0.746. The third kappa shape index (κ3) is 2.62. The van der Waals surface area contributed by atoms with E-state index in [0.29, 0.717) is 5.92 Å². The molecule has 5 heteroatoms. The van der Waals surface area contributed by atoms with Gasteiger partial charge in [0.2, 0.25) is 0 Å². The highest BCUT2D eigenvalue weighted by molar-refractivity contribution is 7.18. The van der Waals surface area contributed by atoms with Crippen LogP contribution in [0.4, 0.5) is 0 Å². The Hall–Kier alpha value is -1.49. The van der Waals surface area contributed by atoms with Crippen LogP contribution in [0.2, 0.25) is 0 Å². The maximum atomic E-state index is 12.7. The number of Topliss-reactive ketones (excluding diaryl/α,β-unsaturated/α-hetero) is 1. The van der Waals surface area contributed by atoms with Gasteiger partial charge in [-0.25, -0.2) is 4.98 Å². The molecule has 0 radical (unpaired) electrons. The van der Waals surface area contributed by atoms with Crippen LogP contribution < -0.4 is 5.56 Å². The fourth-order valence-corrected chi connectivity index (χ4v) is 4.55. The number of ketones is 1. The molecule has 2 aromatic rings. The summed E-state index contributed by atoms with van der Waals surface area (Å²) < 4.78 is 1.44. The van der Waals surface area contributed by atoms with Crippen LogP contribution in [0, 0.1) is 11.3 Å². The van der Waals surface area contributed by atoms with Crippen molar-refractivity contribution < 1.29 is 4.79 Å². The van der Waals surface area contributed by atoms with Crippen LogP contribution in [0.1, 0.15) is 44.6 Å². The molecule has 118 valence electrons. The van der Waals surface area contributed by atoms with Crippen molar-refractivity contribution in [3.63, 3.8) is 0 Å². The largest absolute Gasteiger partial charge is 0.298 e. The van der Waals surface area contributed by atoms with Gasteiger partial charge < -0.3 is 0 Å². The number of rotatable bonds is 2. The molecule has 0 amide bonds. The lowest BCUT2D eigenvalue weighted by Gasteiger charge is -2.33. The van der Waals surface area contributed by atoms with Crippen molar-refractivity contribution in [3.05, 3.63) is 27.1 Å². The number of hydrogen-bond donors (Lipinski definition) is 0. The second-order valence-corrected chi connectivity index (χ2v) is 8.45. The zero-order valence-electron chi connectivity index (χ0n) is 13.6. The van der Waals surface area contributed by atoms with Gasteiger partial charge >= 0.3 is 0 Å². The third-order valence-corrected chi connectivity index (χ3v) is 5.82. The van der Waals surface area contributed by atoms with E-state index in [1.165, 1.54) is 28.3 Å². The Kier molecular flexibility index (Phi) is 3.71. The molecule has 0 bridgehead atoms. The van der Waals surface area contributed by atoms with Crippen molar-refractivity contribution in [2.45, 2.75) is 53.5 Å². The minimum atomic E-state index is -0.0630. The normalized spacial score (nSPS) is 18.5. The molecule has 0 N–H and O–H groups in total. The Bertz CT molecular complexity index is 795. The molecule has 0 aromatic carbocycles. The molecule has 4 nitrogen and oxygen atoms in total. The fraction of sp³-hybridized carbons (Fsp3) is 0.588. The van der Waals surface area contributed by atoms with Crippen molar-refractivity contribution in [3.8, 4) is 0 Å². The van der Waals surface area contributed by atoms with Gasteiger partial charge in [-0.15, -0.1) is 11.3 Å². The zero-order chi connectivity index (χ0) is 16.1. The van der Waals surface area contributed by atoms with Crippen LogP contribution >= 0.6 is 11.3 Å². The minimum absolute atomic E-state index is 0.0276. The molecule has 1 aliphatic rings. The first-order chi connectivity index (χ1) is 10.3. The van der Waals surface area contributed by atoms with E-state index in [2.05, 4.69) is 25.8 Å². The van der Waals surface area contributed by atoms with Gasteiger partial charge in [-0.2, -0.15) is 0 Å². The van der Waals surface area contributed by atoms with E-state index in [4.69, 9.17) is 0 Å². The quantitative estimate of drug-likeness (QED) is 0.854. The average Bonchev–Trinajstić information content (AvgIpc) is 2.78. The van der Waals surface area contributed by atoms with Gasteiger partial charge in [0.05, 0.1) is 18.3 Å². The van der Waals surface area contributed by atoms with Crippen molar-refractivity contribution in [2.24, 2.45) is 11.3 Å². The molecule has 2 heterocycles. The topological polar surface area (TPSA) is 52.0 Å². The number of carbonyl (C=O) groups is 1. The van der Waals surface area contributed by atoms with Crippen molar-refractivity contribution in [1.82, 2.24) is 9.55 Å².